The predicted molar refractivity (Wildman–Crippen MR) is 163 cm³/mol. The summed E-state index contributed by atoms with van der Waals surface area (Å²) in [5.74, 6) is -1.17. The molecule has 9 nitrogen and oxygen atoms in total. The normalized spacial score (nSPS) is 14.7. The predicted octanol–water partition coefficient (Wildman–Crippen LogP) is 6.43. The average Bonchev–Trinajstić information content (AvgIpc) is 3.41. The van der Waals surface area contributed by atoms with E-state index in [1.807, 2.05) is 4.98 Å². The Morgan fingerprint density at radius 3 is 2.59 bits per heavy atom. The second kappa shape index (κ2) is 12.8. The number of ether oxygens (including phenoxy) is 1. The van der Waals surface area contributed by atoms with Crippen LogP contribution in [0, 0.1) is 0 Å². The maximum absolute atomic E-state index is 14.2. The van der Waals surface area contributed by atoms with E-state index in [0.717, 1.165) is 35.0 Å². The average molecular weight is 684 g/mol. The summed E-state index contributed by atoms with van der Waals surface area (Å²) < 4.78 is 33.5. The van der Waals surface area contributed by atoms with Crippen LogP contribution in [0.5, 0.6) is 0 Å². The largest absolute Gasteiger partial charge is 0.449 e. The van der Waals surface area contributed by atoms with Crippen LogP contribution in [-0.4, -0.2) is 40.9 Å². The number of carbonyl (C=O) groups is 3. The molecule has 1 fully saturated rings. The third kappa shape index (κ3) is 6.58. The fraction of sp³-hybridized carbons (Fsp3) is 0.241. The van der Waals surface area contributed by atoms with Crippen molar-refractivity contribution in [2.45, 2.75) is 41.2 Å². The Kier molecular flexibility index (Phi) is 9.26. The van der Waals surface area contributed by atoms with Gasteiger partial charge in [0.15, 0.2) is 0 Å². The minimum atomic E-state index is -3.95. The van der Waals surface area contributed by atoms with E-state index in [2.05, 4.69) is 11.9 Å². The molecule has 15 heteroatoms. The lowest BCUT2D eigenvalue weighted by molar-refractivity contribution is -0.116. The van der Waals surface area contributed by atoms with Crippen molar-refractivity contribution < 1.29 is 27.9 Å². The Morgan fingerprint density at radius 1 is 1.14 bits per heavy atom. The van der Waals surface area contributed by atoms with Crippen molar-refractivity contribution in [3.8, 4) is 0 Å². The highest BCUT2D eigenvalue weighted by Gasteiger charge is 2.35. The second-order valence-electron chi connectivity index (χ2n) is 9.86. The van der Waals surface area contributed by atoms with Crippen molar-refractivity contribution in [1.29, 1.82) is 0 Å². The van der Waals surface area contributed by atoms with Gasteiger partial charge in [-0.3, -0.25) is 19.3 Å². The Bertz CT molecular complexity index is 1750. The number of hydrogen-bond acceptors (Lipinski definition) is 6. The zero-order chi connectivity index (χ0) is 31.8. The van der Waals surface area contributed by atoms with Gasteiger partial charge in [0.2, 0.25) is 5.91 Å². The molecule has 0 bridgehead atoms. The number of alkyl halides is 3. The van der Waals surface area contributed by atoms with E-state index in [-0.39, 0.29) is 39.5 Å². The third-order valence-electron chi connectivity index (χ3n) is 6.98. The molecule has 5 rings (SSSR count). The minimum absolute atomic E-state index is 0.00372. The number of cyclic esters (lactones) is 1. The van der Waals surface area contributed by atoms with E-state index < -0.39 is 40.1 Å². The number of fused-ring (bicyclic) bond motifs is 1. The molecule has 1 saturated heterocycles. The molecule has 0 spiro atoms. The minimum Gasteiger partial charge on any atom is -0.449 e. The number of carbonyl (C=O) groups excluding carboxylic acids is 3. The molecule has 44 heavy (non-hydrogen) atoms. The molecule has 3 amide bonds. The van der Waals surface area contributed by atoms with Crippen LogP contribution in [0.1, 0.15) is 39.2 Å². The number of H-pyrrole nitrogens is 1. The van der Waals surface area contributed by atoms with Gasteiger partial charge in [0.1, 0.15) is 11.3 Å². The molecule has 2 aromatic carbocycles. The summed E-state index contributed by atoms with van der Waals surface area (Å²) in [6, 6.07) is 9.28. The lowest BCUT2D eigenvalue weighted by Gasteiger charge is -2.26. The fourth-order valence-corrected chi connectivity index (χ4v) is 6.61. The Balaban J connectivity index is 1.49. The van der Waals surface area contributed by atoms with E-state index in [9.17, 15) is 28.0 Å². The number of amides is 3. The molecule has 0 saturated carbocycles. The van der Waals surface area contributed by atoms with Gasteiger partial charge >= 0.3 is 11.5 Å². The number of anilines is 1. The molecule has 2 aliphatic heterocycles. The van der Waals surface area contributed by atoms with Gasteiger partial charge in [0.25, 0.3) is 11.5 Å². The molecular weight excluding hydrogens is 661 g/mol. The molecular formula is C29H23Cl3F2N4O5S. The van der Waals surface area contributed by atoms with Gasteiger partial charge in [-0.25, -0.2) is 4.79 Å². The zero-order valence-corrected chi connectivity index (χ0v) is 25.8. The maximum Gasteiger partial charge on any atom is 0.414 e. The Morgan fingerprint density at radius 2 is 1.89 bits per heavy atom. The van der Waals surface area contributed by atoms with Crippen LogP contribution < -0.4 is 15.8 Å². The lowest BCUT2D eigenvalue weighted by Crippen LogP contribution is -2.37. The van der Waals surface area contributed by atoms with E-state index in [1.54, 1.807) is 24.3 Å². The summed E-state index contributed by atoms with van der Waals surface area (Å²) in [4.78, 5) is 55.9. The molecule has 0 unspecified atom stereocenters. The number of aromatic nitrogens is 1. The first kappa shape index (κ1) is 31.8. The number of pyridine rings is 1. The number of hydrogen-bond donors (Lipinski definition) is 2. The lowest BCUT2D eigenvalue weighted by atomic mass is 10.1. The van der Waals surface area contributed by atoms with Gasteiger partial charge in [-0.1, -0.05) is 53.7 Å². The van der Waals surface area contributed by atoms with Gasteiger partial charge in [-0.2, -0.15) is 8.78 Å². The number of aromatic amines is 1. The first-order valence-electron chi connectivity index (χ1n) is 13.1. The molecule has 3 aromatic rings. The highest BCUT2D eigenvalue weighted by Crippen LogP contribution is 2.43. The summed E-state index contributed by atoms with van der Waals surface area (Å²) in [6.45, 7) is 4.46. The molecule has 3 heterocycles. The van der Waals surface area contributed by atoms with Gasteiger partial charge in [-0.15, -0.1) is 0 Å². The van der Waals surface area contributed by atoms with Crippen LogP contribution in [0.3, 0.4) is 0 Å². The number of nitrogens with zero attached hydrogens (tertiary/aromatic N) is 2. The maximum atomic E-state index is 14.2. The van der Waals surface area contributed by atoms with Crippen LogP contribution in [0.2, 0.25) is 10.0 Å². The zero-order valence-electron chi connectivity index (χ0n) is 22.7. The summed E-state index contributed by atoms with van der Waals surface area (Å²) >= 11 is 19.0. The summed E-state index contributed by atoms with van der Waals surface area (Å²) in [7, 11) is 0. The first-order valence-corrected chi connectivity index (χ1v) is 15.1. The molecule has 0 aliphatic carbocycles. The van der Waals surface area contributed by atoms with Crippen LogP contribution in [0.15, 0.2) is 63.6 Å². The number of halogens is 5. The Labute approximate surface area is 269 Å². The number of benzene rings is 2. The van der Waals surface area contributed by atoms with E-state index in [1.165, 1.54) is 15.9 Å². The third-order valence-corrected chi connectivity index (χ3v) is 9.32. The van der Waals surface area contributed by atoms with Gasteiger partial charge in [0.05, 0.1) is 16.7 Å². The van der Waals surface area contributed by atoms with Crippen LogP contribution in [0.25, 0.3) is 0 Å². The van der Waals surface area contributed by atoms with E-state index in [4.69, 9.17) is 39.5 Å². The number of nitrogens with one attached hydrogen (secondary N) is 2. The van der Waals surface area contributed by atoms with Crippen molar-refractivity contribution >= 4 is 70.2 Å². The second-order valence-corrected chi connectivity index (χ2v) is 12.2. The molecule has 0 radical (unpaired) electrons. The highest BCUT2D eigenvalue weighted by atomic mass is 35.5. The SMILES string of the molecule is C=CC(=O)NCc1ccc(Cl)c(Sc2cc(C(F)(F)Cl)[nH]c(=O)c2C(=O)N2Cc3ccc(N4CCCOC4=O)cc3C2)c1Cl. The smallest absolute Gasteiger partial charge is 0.414 e. The molecule has 1 aromatic heterocycles. The summed E-state index contributed by atoms with van der Waals surface area (Å²) in [5, 5.41) is -1.16. The molecule has 0 atom stereocenters. The van der Waals surface area contributed by atoms with Crippen molar-refractivity contribution in [3.05, 3.63) is 97.4 Å². The van der Waals surface area contributed by atoms with Crippen molar-refractivity contribution in [3.63, 3.8) is 0 Å². The van der Waals surface area contributed by atoms with Crippen LogP contribution >= 0.6 is 46.6 Å². The molecule has 2 aliphatic rings. The number of rotatable bonds is 8. The van der Waals surface area contributed by atoms with E-state index >= 15 is 0 Å². The van der Waals surface area contributed by atoms with Crippen molar-refractivity contribution in [1.82, 2.24) is 15.2 Å². The first-order chi connectivity index (χ1) is 20.9. The van der Waals surface area contributed by atoms with E-state index in [0.29, 0.717) is 30.8 Å². The highest BCUT2D eigenvalue weighted by molar-refractivity contribution is 7.99. The van der Waals surface area contributed by atoms with Crippen LogP contribution in [-0.2, 0) is 34.5 Å². The monoisotopic (exact) mass is 682 g/mol. The van der Waals surface area contributed by atoms with Crippen molar-refractivity contribution in [2.75, 3.05) is 18.1 Å². The fourth-order valence-electron chi connectivity index (χ4n) is 4.78. The van der Waals surface area contributed by atoms with Gasteiger partial charge < -0.3 is 19.9 Å². The van der Waals surface area contributed by atoms with Gasteiger partial charge in [0, 0.05) is 41.7 Å². The van der Waals surface area contributed by atoms with Gasteiger partial charge in [-0.05, 0) is 65.1 Å². The summed E-state index contributed by atoms with van der Waals surface area (Å²) in [6.07, 6.45) is 1.30. The standard InChI is InChI=1S/C29H23Cl3F2N4O5S/c1-2-22(39)35-12-15-5-7-19(30)25(24(15)31)44-20-11-21(29(32,33)34)36-26(40)23(20)27(41)37-13-16-4-6-18(10-17(16)14-37)38-8-3-9-43-28(38)42/h2,4-7,10-11H,1,3,8-9,12-14H2,(H,35,39)(H,36,40). The molecule has 230 valence electrons. The quantitative estimate of drug-likeness (QED) is 0.209. The molecule has 2 N–H and O–H groups in total. The van der Waals surface area contributed by atoms with Crippen LogP contribution in [0.4, 0.5) is 19.3 Å². The summed E-state index contributed by atoms with van der Waals surface area (Å²) in [5.41, 5.74) is 0.186. The van der Waals surface area contributed by atoms with Crippen molar-refractivity contribution in [2.24, 2.45) is 0 Å². The topological polar surface area (TPSA) is 112 Å². The Hall–Kier alpha value is -3.58.